The van der Waals surface area contributed by atoms with Crippen LogP contribution in [0.25, 0.3) is 98.1 Å². The molecule has 0 saturated heterocycles. The Hall–Kier alpha value is -6.94. The molecule has 0 bridgehead atoms. The molecule has 0 aliphatic carbocycles. The molecule has 0 fully saturated rings. The van der Waals surface area contributed by atoms with Gasteiger partial charge in [-0.15, -0.1) is 11.3 Å². The van der Waals surface area contributed by atoms with E-state index in [0.29, 0.717) is 0 Å². The van der Waals surface area contributed by atoms with Crippen molar-refractivity contribution in [3.63, 3.8) is 0 Å². The van der Waals surface area contributed by atoms with Crippen LogP contribution in [0, 0.1) is 0 Å². The Bertz CT molecular complexity index is 3060. The number of thiophene rings is 1. The maximum atomic E-state index is 2.55. The van der Waals surface area contributed by atoms with E-state index >= 15 is 0 Å². The molecule has 0 radical (unpaired) electrons. The lowest BCUT2D eigenvalue weighted by molar-refractivity contribution is 1.18. The summed E-state index contributed by atoms with van der Waals surface area (Å²) >= 11 is 1.88. The van der Waals surface area contributed by atoms with Crippen LogP contribution < -0.4 is 0 Å². The largest absolute Gasteiger partial charge is 0.307 e. The second-order valence-electron chi connectivity index (χ2n) is 14.2. The number of fused-ring (bicyclic) bond motifs is 7. The molecule has 0 saturated carbocycles. The Morgan fingerprint density at radius 1 is 0.309 bits per heavy atom. The second-order valence-corrected chi connectivity index (χ2v) is 15.2. The van der Waals surface area contributed by atoms with Gasteiger partial charge in [-0.05, 0) is 93.0 Å². The normalized spacial score (nSPS) is 11.6. The lowest BCUT2D eigenvalue weighted by Crippen LogP contribution is -1.96. The van der Waals surface area contributed by atoms with Gasteiger partial charge in [0.1, 0.15) is 4.83 Å². The molecule has 0 aliphatic rings. The quantitative estimate of drug-likeness (QED) is 0.162. The highest BCUT2D eigenvalue weighted by molar-refractivity contribution is 7.25. The predicted molar refractivity (Wildman–Crippen MR) is 235 cm³/mol. The highest BCUT2D eigenvalue weighted by atomic mass is 32.1. The monoisotopic (exact) mass is 718 g/mol. The first-order chi connectivity index (χ1) is 27.3. The average molecular weight is 719 g/mol. The van der Waals surface area contributed by atoms with Crippen molar-refractivity contribution in [2.75, 3.05) is 0 Å². The Kier molecular flexibility index (Phi) is 7.39. The van der Waals surface area contributed by atoms with Crippen LogP contribution in [-0.4, -0.2) is 9.13 Å². The van der Waals surface area contributed by atoms with E-state index in [1.807, 2.05) is 11.3 Å². The van der Waals surface area contributed by atoms with Crippen LogP contribution in [-0.2, 0) is 0 Å². The van der Waals surface area contributed by atoms with Gasteiger partial charge in [0.05, 0.1) is 16.6 Å². The summed E-state index contributed by atoms with van der Waals surface area (Å²) < 4.78 is 6.36. The molecule has 258 valence electrons. The van der Waals surface area contributed by atoms with Gasteiger partial charge in [-0.1, -0.05) is 158 Å². The molecule has 55 heavy (non-hydrogen) atoms. The van der Waals surface area contributed by atoms with Crippen LogP contribution in [0.2, 0.25) is 0 Å². The standard InChI is InChI=1S/C52H34N2S/c1-5-17-35(18-6-1)39-29-40(36-19-7-2-8-20-36)32-43(31-39)53-47-27-15-13-25-45(47)50-51(53)49-46-26-14-16-28-48(46)55-52(49)54(50)44-33-41(37-21-9-3-10-22-37)30-42(34-44)38-23-11-4-12-24-38/h1-34H. The minimum atomic E-state index is 1.14. The van der Waals surface area contributed by atoms with Crippen LogP contribution in [0.4, 0.5) is 0 Å². The van der Waals surface area contributed by atoms with Crippen molar-refractivity contribution < 1.29 is 0 Å². The third-order valence-corrected chi connectivity index (χ3v) is 12.0. The zero-order valence-corrected chi connectivity index (χ0v) is 30.7. The number of benzene rings is 8. The zero-order chi connectivity index (χ0) is 36.3. The van der Waals surface area contributed by atoms with Crippen LogP contribution in [0.15, 0.2) is 206 Å². The van der Waals surface area contributed by atoms with Crippen molar-refractivity contribution in [3.05, 3.63) is 206 Å². The number of hydrogen-bond donors (Lipinski definition) is 0. The SMILES string of the molecule is c1ccc(-c2cc(-c3ccccc3)cc(-n3c4ccccc4c4c3c3c5ccccc5sc3n4-c3cc(-c4ccccc4)cc(-c4ccccc4)c3)c2)cc1. The highest BCUT2D eigenvalue weighted by Crippen LogP contribution is 2.48. The van der Waals surface area contributed by atoms with E-state index in [4.69, 9.17) is 0 Å². The molecule has 0 atom stereocenters. The zero-order valence-electron chi connectivity index (χ0n) is 29.9. The third-order valence-electron chi connectivity index (χ3n) is 10.9. The Morgan fingerprint density at radius 3 is 1.20 bits per heavy atom. The molecule has 0 amide bonds. The average Bonchev–Trinajstić information content (AvgIpc) is 3.91. The lowest BCUT2D eigenvalue weighted by atomic mass is 9.98. The molecular formula is C52H34N2S. The maximum Gasteiger partial charge on any atom is 0.111 e. The van der Waals surface area contributed by atoms with Crippen molar-refractivity contribution in [1.29, 1.82) is 0 Å². The molecule has 0 spiro atoms. The molecule has 11 aromatic rings. The Labute approximate surface area is 323 Å². The number of para-hydroxylation sites is 1. The fraction of sp³-hybridized carbons (Fsp3) is 0. The number of aromatic nitrogens is 2. The molecule has 3 heteroatoms. The predicted octanol–water partition coefficient (Wildman–Crippen LogP) is 14.6. The molecule has 8 aromatic carbocycles. The lowest BCUT2D eigenvalue weighted by Gasteiger charge is -2.14. The summed E-state index contributed by atoms with van der Waals surface area (Å²) in [5.74, 6) is 0. The van der Waals surface area contributed by atoms with E-state index in [9.17, 15) is 0 Å². The van der Waals surface area contributed by atoms with Crippen molar-refractivity contribution in [2.45, 2.75) is 0 Å². The number of nitrogens with zero attached hydrogens (tertiary/aromatic N) is 2. The van der Waals surface area contributed by atoms with Crippen molar-refractivity contribution in [1.82, 2.24) is 9.13 Å². The molecule has 3 aromatic heterocycles. The van der Waals surface area contributed by atoms with Gasteiger partial charge in [-0.3, -0.25) is 4.57 Å². The van der Waals surface area contributed by atoms with Gasteiger partial charge in [0.2, 0.25) is 0 Å². The van der Waals surface area contributed by atoms with E-state index in [1.165, 1.54) is 86.7 Å². The fourth-order valence-corrected chi connectivity index (χ4v) is 9.62. The maximum absolute atomic E-state index is 2.55. The number of hydrogen-bond acceptors (Lipinski definition) is 1. The fourth-order valence-electron chi connectivity index (χ4n) is 8.38. The summed E-state index contributed by atoms with van der Waals surface area (Å²) in [5, 5.41) is 3.78. The molecule has 3 heterocycles. The van der Waals surface area contributed by atoms with E-state index in [2.05, 4.69) is 215 Å². The second kappa shape index (κ2) is 12.9. The highest BCUT2D eigenvalue weighted by Gasteiger charge is 2.26. The van der Waals surface area contributed by atoms with Gasteiger partial charge in [0.15, 0.2) is 0 Å². The van der Waals surface area contributed by atoms with Crippen molar-refractivity contribution in [2.24, 2.45) is 0 Å². The van der Waals surface area contributed by atoms with Crippen LogP contribution >= 0.6 is 11.3 Å². The Balaban J connectivity index is 1.29. The molecule has 11 rings (SSSR count). The molecule has 0 N–H and O–H groups in total. The van der Waals surface area contributed by atoms with Crippen LogP contribution in [0.1, 0.15) is 0 Å². The Morgan fingerprint density at radius 2 is 0.709 bits per heavy atom. The minimum absolute atomic E-state index is 1.14. The molecule has 2 nitrogen and oxygen atoms in total. The first kappa shape index (κ1) is 31.6. The summed E-state index contributed by atoms with van der Waals surface area (Å²) in [7, 11) is 0. The van der Waals surface area contributed by atoms with Gasteiger partial charge in [-0.2, -0.15) is 0 Å². The van der Waals surface area contributed by atoms with Crippen molar-refractivity contribution in [3.8, 4) is 55.9 Å². The first-order valence-corrected chi connectivity index (χ1v) is 19.6. The molecular weight excluding hydrogens is 685 g/mol. The topological polar surface area (TPSA) is 9.86 Å². The molecule has 0 unspecified atom stereocenters. The van der Waals surface area contributed by atoms with Gasteiger partial charge >= 0.3 is 0 Å². The van der Waals surface area contributed by atoms with Gasteiger partial charge in [0, 0.05) is 32.2 Å². The summed E-state index contributed by atoms with van der Waals surface area (Å²) in [6, 6.07) is 75.1. The van der Waals surface area contributed by atoms with E-state index < -0.39 is 0 Å². The van der Waals surface area contributed by atoms with E-state index in [1.54, 1.807) is 0 Å². The summed E-state index contributed by atoms with van der Waals surface area (Å²) in [4.78, 5) is 1.25. The van der Waals surface area contributed by atoms with Crippen molar-refractivity contribution >= 4 is 53.6 Å². The van der Waals surface area contributed by atoms with Gasteiger partial charge < -0.3 is 4.57 Å². The smallest absolute Gasteiger partial charge is 0.111 e. The summed E-state index contributed by atoms with van der Waals surface area (Å²) in [6.45, 7) is 0. The summed E-state index contributed by atoms with van der Waals surface area (Å²) in [6.07, 6.45) is 0. The first-order valence-electron chi connectivity index (χ1n) is 18.8. The van der Waals surface area contributed by atoms with E-state index in [0.717, 1.165) is 11.4 Å². The minimum Gasteiger partial charge on any atom is -0.307 e. The third kappa shape index (κ3) is 5.24. The summed E-state index contributed by atoms with van der Waals surface area (Å²) in [5.41, 5.74) is 15.5. The van der Waals surface area contributed by atoms with Gasteiger partial charge in [0.25, 0.3) is 0 Å². The van der Waals surface area contributed by atoms with Crippen LogP contribution in [0.3, 0.4) is 0 Å². The van der Waals surface area contributed by atoms with E-state index in [-0.39, 0.29) is 0 Å². The van der Waals surface area contributed by atoms with Gasteiger partial charge in [-0.25, -0.2) is 0 Å². The van der Waals surface area contributed by atoms with Crippen LogP contribution in [0.5, 0.6) is 0 Å². The number of rotatable bonds is 6. The molecule has 0 aliphatic heterocycles.